The number of nitrogens with two attached hydrogens (primary N) is 2. The predicted molar refractivity (Wildman–Crippen MR) is 124 cm³/mol. The van der Waals surface area contributed by atoms with Crippen molar-refractivity contribution in [3.63, 3.8) is 0 Å². The lowest BCUT2D eigenvalue weighted by Gasteiger charge is -2.13. The summed E-state index contributed by atoms with van der Waals surface area (Å²) in [6.07, 6.45) is 2.53. The van der Waals surface area contributed by atoms with Crippen LogP contribution in [0.3, 0.4) is 0 Å². The topological polar surface area (TPSA) is 132 Å². The first-order chi connectivity index (χ1) is 15.5. The molecule has 0 aliphatic rings. The Hall–Kier alpha value is -4.43. The van der Waals surface area contributed by atoms with Crippen LogP contribution in [0.2, 0.25) is 0 Å². The molecule has 8 heteroatoms. The van der Waals surface area contributed by atoms with Crippen molar-refractivity contribution in [2.24, 2.45) is 0 Å². The molecule has 3 aromatic rings. The molecule has 0 atom stereocenters. The van der Waals surface area contributed by atoms with Gasteiger partial charge in [-0.3, -0.25) is 0 Å². The molecule has 0 aliphatic heterocycles. The highest BCUT2D eigenvalue weighted by atomic mass is 16.5. The Morgan fingerprint density at radius 1 is 1.09 bits per heavy atom. The highest BCUT2D eigenvalue weighted by molar-refractivity contribution is 5.60. The van der Waals surface area contributed by atoms with Crippen molar-refractivity contribution >= 4 is 17.5 Å². The number of aromatic nitrogens is 2. The lowest BCUT2D eigenvalue weighted by atomic mass is 10.0. The van der Waals surface area contributed by atoms with Gasteiger partial charge in [-0.25, -0.2) is 4.98 Å². The summed E-state index contributed by atoms with van der Waals surface area (Å²) in [6, 6.07) is 13.6. The van der Waals surface area contributed by atoms with Gasteiger partial charge in [0.25, 0.3) is 0 Å². The lowest BCUT2D eigenvalue weighted by Crippen LogP contribution is -2.04. The zero-order valence-electron chi connectivity index (χ0n) is 18.0. The molecule has 0 saturated heterocycles. The molecule has 32 heavy (non-hydrogen) atoms. The minimum atomic E-state index is 0.134. The molecule has 162 valence electrons. The molecular weight excluding hydrogens is 404 g/mol. The van der Waals surface area contributed by atoms with Gasteiger partial charge in [0.1, 0.15) is 5.82 Å². The molecule has 8 nitrogen and oxygen atoms in total. The van der Waals surface area contributed by atoms with Crippen molar-refractivity contribution in [1.82, 2.24) is 9.97 Å². The van der Waals surface area contributed by atoms with Crippen LogP contribution in [0.25, 0.3) is 0 Å². The normalized spacial score (nSPS) is 9.91. The fourth-order valence-electron chi connectivity index (χ4n) is 3.12. The zero-order chi connectivity index (χ0) is 22.9. The van der Waals surface area contributed by atoms with Crippen LogP contribution in [0.1, 0.15) is 28.7 Å². The Morgan fingerprint density at radius 3 is 2.66 bits per heavy atom. The highest BCUT2D eigenvalue weighted by Crippen LogP contribution is 2.33. The predicted octanol–water partition coefficient (Wildman–Crippen LogP) is 2.97. The maximum atomic E-state index is 8.69. The largest absolute Gasteiger partial charge is 0.493 e. The lowest BCUT2D eigenvalue weighted by molar-refractivity contribution is 0.354. The van der Waals surface area contributed by atoms with Crippen LogP contribution < -0.4 is 26.3 Å². The van der Waals surface area contributed by atoms with Gasteiger partial charge in [0.05, 0.1) is 32.3 Å². The second kappa shape index (κ2) is 10.6. The van der Waals surface area contributed by atoms with Crippen LogP contribution in [0.5, 0.6) is 11.5 Å². The van der Waals surface area contributed by atoms with E-state index >= 15 is 0 Å². The van der Waals surface area contributed by atoms with Gasteiger partial charge in [-0.1, -0.05) is 17.9 Å². The van der Waals surface area contributed by atoms with Crippen molar-refractivity contribution in [2.45, 2.75) is 12.8 Å². The molecule has 5 N–H and O–H groups in total. The highest BCUT2D eigenvalue weighted by Gasteiger charge is 2.13. The number of methoxy groups -OCH3 is 2. The van der Waals surface area contributed by atoms with Gasteiger partial charge >= 0.3 is 0 Å². The molecule has 3 rings (SSSR count). The summed E-state index contributed by atoms with van der Waals surface area (Å²) in [6.45, 7) is 0.582. The number of nitrogens with zero attached hydrogens (tertiary/aromatic N) is 3. The van der Waals surface area contributed by atoms with Crippen molar-refractivity contribution in [3.05, 3.63) is 64.8 Å². The third kappa shape index (κ3) is 5.59. The summed E-state index contributed by atoms with van der Waals surface area (Å²) in [7, 11) is 3.16. The second-order valence-corrected chi connectivity index (χ2v) is 6.86. The van der Waals surface area contributed by atoms with Crippen molar-refractivity contribution < 1.29 is 9.47 Å². The average molecular weight is 428 g/mol. The second-order valence-electron chi connectivity index (χ2n) is 6.86. The molecule has 2 aromatic carbocycles. The molecule has 0 aliphatic carbocycles. The van der Waals surface area contributed by atoms with Crippen LogP contribution in [0.15, 0.2) is 42.6 Å². The number of nitriles is 1. The molecule has 1 aromatic heterocycles. The van der Waals surface area contributed by atoms with E-state index in [0.29, 0.717) is 42.3 Å². The third-order valence-corrected chi connectivity index (χ3v) is 4.62. The number of nitrogen functional groups attached to an aromatic ring is 2. The minimum absolute atomic E-state index is 0.134. The summed E-state index contributed by atoms with van der Waals surface area (Å²) in [5, 5.41) is 11.9. The van der Waals surface area contributed by atoms with E-state index in [-0.39, 0.29) is 5.95 Å². The first-order valence-corrected chi connectivity index (χ1v) is 9.88. The average Bonchev–Trinajstić information content (AvgIpc) is 2.79. The van der Waals surface area contributed by atoms with Gasteiger partial charge in [0, 0.05) is 36.0 Å². The quantitative estimate of drug-likeness (QED) is 0.386. The van der Waals surface area contributed by atoms with E-state index in [1.807, 2.05) is 36.4 Å². The first kappa shape index (κ1) is 22.3. The zero-order valence-corrected chi connectivity index (χ0v) is 18.0. The summed E-state index contributed by atoms with van der Waals surface area (Å²) in [5.41, 5.74) is 15.7. The van der Waals surface area contributed by atoms with Crippen molar-refractivity contribution in [3.8, 4) is 29.4 Å². The number of hydrogen-bond donors (Lipinski definition) is 3. The number of hydrogen-bond acceptors (Lipinski definition) is 8. The van der Waals surface area contributed by atoms with Crippen molar-refractivity contribution in [1.29, 1.82) is 5.26 Å². The Bertz CT molecular complexity index is 1210. The molecule has 0 bridgehead atoms. The fourth-order valence-corrected chi connectivity index (χ4v) is 3.12. The minimum Gasteiger partial charge on any atom is -0.493 e. The monoisotopic (exact) mass is 428 g/mol. The SMILES string of the molecule is COc1cc(Cc2cnc(N)nc2N)cc(C#Cc2cccc(NCCC#N)c2)c1OC. The van der Waals surface area contributed by atoms with E-state index in [2.05, 4.69) is 33.2 Å². The number of anilines is 3. The van der Waals surface area contributed by atoms with Gasteiger partial charge in [-0.2, -0.15) is 10.2 Å². The number of rotatable bonds is 7. The maximum absolute atomic E-state index is 8.69. The number of nitrogens with one attached hydrogen (secondary N) is 1. The van der Waals surface area contributed by atoms with Crippen molar-refractivity contribution in [2.75, 3.05) is 37.5 Å². The van der Waals surface area contributed by atoms with E-state index in [4.69, 9.17) is 26.2 Å². The first-order valence-electron chi connectivity index (χ1n) is 9.88. The van der Waals surface area contributed by atoms with Crippen LogP contribution in [-0.2, 0) is 6.42 Å². The molecule has 0 radical (unpaired) electrons. The smallest absolute Gasteiger partial charge is 0.221 e. The Morgan fingerprint density at radius 2 is 1.94 bits per heavy atom. The summed E-state index contributed by atoms with van der Waals surface area (Å²) >= 11 is 0. The molecule has 0 saturated carbocycles. The third-order valence-electron chi connectivity index (χ3n) is 4.62. The van der Waals surface area contributed by atoms with E-state index in [0.717, 1.165) is 22.4 Å². The van der Waals surface area contributed by atoms with Gasteiger partial charge in [0.15, 0.2) is 11.5 Å². The Labute approximate surface area is 187 Å². The van der Waals surface area contributed by atoms with Crippen LogP contribution >= 0.6 is 0 Å². The molecule has 0 amide bonds. The number of ether oxygens (including phenoxy) is 2. The van der Waals surface area contributed by atoms with Crippen LogP contribution in [-0.4, -0.2) is 30.7 Å². The maximum Gasteiger partial charge on any atom is 0.221 e. The fraction of sp³-hybridized carbons (Fsp3) is 0.208. The van der Waals surface area contributed by atoms with Crippen LogP contribution in [0.4, 0.5) is 17.5 Å². The van der Waals surface area contributed by atoms with E-state index in [1.54, 1.807) is 20.4 Å². The van der Waals surface area contributed by atoms with E-state index in [1.165, 1.54) is 0 Å². The van der Waals surface area contributed by atoms with Gasteiger partial charge in [0.2, 0.25) is 5.95 Å². The van der Waals surface area contributed by atoms with E-state index < -0.39 is 0 Å². The molecule has 0 fully saturated rings. The summed E-state index contributed by atoms with van der Waals surface area (Å²) in [5.74, 6) is 7.94. The van der Waals surface area contributed by atoms with Gasteiger partial charge < -0.3 is 26.3 Å². The van der Waals surface area contributed by atoms with Crippen LogP contribution in [0, 0.1) is 23.2 Å². The standard InChI is InChI=1S/C24H24N6O2/c1-31-21-14-17(12-19-15-29-24(27)30-23(19)26)11-18(22(21)32-2)8-7-16-5-3-6-20(13-16)28-10-4-9-25/h3,5-6,11,13-15,28H,4,10,12H2,1-2H3,(H4,26,27,29,30). The van der Waals surface area contributed by atoms with Gasteiger partial charge in [-0.05, 0) is 35.9 Å². The number of benzene rings is 2. The Balaban J connectivity index is 1.93. The molecule has 0 spiro atoms. The molecule has 1 heterocycles. The summed E-state index contributed by atoms with van der Waals surface area (Å²) in [4.78, 5) is 8.04. The van der Waals surface area contributed by atoms with E-state index in [9.17, 15) is 0 Å². The molecular formula is C24H24N6O2. The Kier molecular flexibility index (Phi) is 7.34. The molecule has 0 unspecified atom stereocenters. The summed E-state index contributed by atoms with van der Waals surface area (Å²) < 4.78 is 11.1. The van der Waals surface area contributed by atoms with Gasteiger partial charge in [-0.15, -0.1) is 0 Å².